The zero-order valence-corrected chi connectivity index (χ0v) is 10.7. The maximum absolute atomic E-state index is 5.96. The van der Waals surface area contributed by atoms with E-state index in [1.165, 1.54) is 0 Å². The molecule has 0 aliphatic carbocycles. The van der Waals surface area contributed by atoms with Crippen molar-refractivity contribution in [2.75, 3.05) is 17.7 Å². The maximum Gasteiger partial charge on any atom is 0.119 e. The van der Waals surface area contributed by atoms with Crippen molar-refractivity contribution in [1.82, 2.24) is 0 Å². The monoisotopic (exact) mass is 242 g/mol. The molecular weight excluding hydrogens is 224 g/mol. The molecule has 0 bridgehead atoms. The molecule has 3 heteroatoms. The van der Waals surface area contributed by atoms with Crippen LogP contribution in [0.2, 0.25) is 0 Å². The highest BCUT2D eigenvalue weighted by Gasteiger charge is 2.00. The van der Waals surface area contributed by atoms with E-state index in [4.69, 9.17) is 10.5 Å². The molecule has 0 spiro atoms. The molecule has 0 aliphatic rings. The van der Waals surface area contributed by atoms with Gasteiger partial charge in [-0.3, -0.25) is 0 Å². The predicted octanol–water partition coefficient (Wildman–Crippen LogP) is 3.72. The Balaban J connectivity index is 2.13. The number of aryl methyl sites for hydroxylation is 1. The number of ether oxygens (including phenoxy) is 1. The van der Waals surface area contributed by atoms with Gasteiger partial charge in [0.05, 0.1) is 18.0 Å². The highest BCUT2D eigenvalue weighted by molar-refractivity contribution is 5.73. The van der Waals surface area contributed by atoms with Gasteiger partial charge in [0, 0.05) is 5.69 Å². The summed E-state index contributed by atoms with van der Waals surface area (Å²) >= 11 is 0. The van der Waals surface area contributed by atoms with Gasteiger partial charge in [0.15, 0.2) is 0 Å². The molecule has 3 N–H and O–H groups in total. The Morgan fingerprint density at radius 1 is 1.11 bits per heavy atom. The van der Waals surface area contributed by atoms with Crippen molar-refractivity contribution in [1.29, 1.82) is 0 Å². The molecule has 0 saturated carbocycles. The summed E-state index contributed by atoms with van der Waals surface area (Å²) in [6.45, 7) is 4.67. The van der Waals surface area contributed by atoms with Gasteiger partial charge in [0.2, 0.25) is 0 Å². The third kappa shape index (κ3) is 2.94. The first-order chi connectivity index (χ1) is 8.69. The largest absolute Gasteiger partial charge is 0.494 e. The first-order valence-electron chi connectivity index (χ1n) is 6.05. The van der Waals surface area contributed by atoms with Gasteiger partial charge in [0.1, 0.15) is 5.75 Å². The Morgan fingerprint density at radius 2 is 1.83 bits per heavy atom. The van der Waals surface area contributed by atoms with Crippen LogP contribution in [0, 0.1) is 6.92 Å². The van der Waals surface area contributed by atoms with Crippen LogP contribution in [-0.4, -0.2) is 6.61 Å². The number of nitrogen functional groups attached to an aromatic ring is 1. The lowest BCUT2D eigenvalue weighted by Gasteiger charge is -2.10. The van der Waals surface area contributed by atoms with Crippen molar-refractivity contribution >= 4 is 17.1 Å². The first-order valence-corrected chi connectivity index (χ1v) is 6.05. The summed E-state index contributed by atoms with van der Waals surface area (Å²) in [5.74, 6) is 0.875. The SMILES string of the molecule is CCOc1ccc(Nc2ccc(C)cc2N)cc1. The van der Waals surface area contributed by atoms with Gasteiger partial charge in [-0.05, 0) is 55.8 Å². The van der Waals surface area contributed by atoms with E-state index >= 15 is 0 Å². The zero-order valence-electron chi connectivity index (χ0n) is 10.7. The van der Waals surface area contributed by atoms with Crippen molar-refractivity contribution in [2.24, 2.45) is 0 Å². The Kier molecular flexibility index (Phi) is 3.72. The normalized spacial score (nSPS) is 10.1. The van der Waals surface area contributed by atoms with Crippen molar-refractivity contribution in [3.05, 3.63) is 48.0 Å². The Labute approximate surface area is 108 Å². The van der Waals surface area contributed by atoms with E-state index < -0.39 is 0 Å². The summed E-state index contributed by atoms with van der Waals surface area (Å²) < 4.78 is 5.40. The number of benzene rings is 2. The number of nitrogens with two attached hydrogens (primary N) is 1. The predicted molar refractivity (Wildman–Crippen MR) is 76.5 cm³/mol. The van der Waals surface area contributed by atoms with Gasteiger partial charge in [-0.2, -0.15) is 0 Å². The number of hydrogen-bond donors (Lipinski definition) is 2. The molecule has 0 aromatic heterocycles. The molecule has 0 unspecified atom stereocenters. The molecule has 0 aliphatic heterocycles. The van der Waals surface area contributed by atoms with E-state index in [2.05, 4.69) is 5.32 Å². The second kappa shape index (κ2) is 5.45. The highest BCUT2D eigenvalue weighted by atomic mass is 16.5. The Hall–Kier alpha value is -2.16. The van der Waals surface area contributed by atoms with Crippen LogP contribution in [0.4, 0.5) is 17.1 Å². The second-order valence-corrected chi connectivity index (χ2v) is 4.17. The van der Waals surface area contributed by atoms with Gasteiger partial charge in [0.25, 0.3) is 0 Å². The van der Waals surface area contributed by atoms with Crippen LogP contribution in [0.15, 0.2) is 42.5 Å². The van der Waals surface area contributed by atoms with Gasteiger partial charge < -0.3 is 15.8 Å². The first kappa shape index (κ1) is 12.3. The standard InChI is InChI=1S/C15H18N2O/c1-3-18-13-7-5-12(6-8-13)17-15-9-4-11(2)10-14(15)16/h4-10,17H,3,16H2,1-2H3. The Morgan fingerprint density at radius 3 is 2.44 bits per heavy atom. The third-order valence-electron chi connectivity index (χ3n) is 2.65. The van der Waals surface area contributed by atoms with Crippen LogP contribution in [0.1, 0.15) is 12.5 Å². The summed E-state index contributed by atoms with van der Waals surface area (Å²) in [7, 11) is 0. The summed E-state index contributed by atoms with van der Waals surface area (Å²) in [6.07, 6.45) is 0. The second-order valence-electron chi connectivity index (χ2n) is 4.17. The minimum Gasteiger partial charge on any atom is -0.494 e. The van der Waals surface area contributed by atoms with Crippen LogP contribution in [0.3, 0.4) is 0 Å². The fourth-order valence-electron chi connectivity index (χ4n) is 1.75. The Bertz CT molecular complexity index is 521. The van der Waals surface area contributed by atoms with Crippen molar-refractivity contribution < 1.29 is 4.74 Å². The quantitative estimate of drug-likeness (QED) is 0.803. The average molecular weight is 242 g/mol. The molecule has 0 saturated heterocycles. The maximum atomic E-state index is 5.96. The van der Waals surface area contributed by atoms with Crippen LogP contribution in [-0.2, 0) is 0 Å². The average Bonchev–Trinajstić information content (AvgIpc) is 2.35. The molecule has 0 radical (unpaired) electrons. The lowest BCUT2D eigenvalue weighted by atomic mass is 10.2. The number of rotatable bonds is 4. The van der Waals surface area contributed by atoms with E-state index in [0.717, 1.165) is 28.4 Å². The van der Waals surface area contributed by atoms with Crippen LogP contribution < -0.4 is 15.8 Å². The molecule has 0 atom stereocenters. The van der Waals surface area contributed by atoms with Crippen LogP contribution >= 0.6 is 0 Å². The van der Waals surface area contributed by atoms with Crippen LogP contribution in [0.25, 0.3) is 0 Å². The molecule has 94 valence electrons. The van der Waals surface area contributed by atoms with Gasteiger partial charge in [-0.1, -0.05) is 6.07 Å². The number of hydrogen-bond acceptors (Lipinski definition) is 3. The molecule has 2 rings (SSSR count). The molecule has 18 heavy (non-hydrogen) atoms. The molecule has 2 aromatic rings. The zero-order chi connectivity index (χ0) is 13.0. The van der Waals surface area contributed by atoms with Gasteiger partial charge in [-0.15, -0.1) is 0 Å². The minimum absolute atomic E-state index is 0.678. The lowest BCUT2D eigenvalue weighted by molar-refractivity contribution is 0.340. The van der Waals surface area contributed by atoms with Crippen LogP contribution in [0.5, 0.6) is 5.75 Å². The van der Waals surface area contributed by atoms with E-state index in [1.54, 1.807) is 0 Å². The molecule has 2 aromatic carbocycles. The van der Waals surface area contributed by atoms with Crippen molar-refractivity contribution in [2.45, 2.75) is 13.8 Å². The minimum atomic E-state index is 0.678. The van der Waals surface area contributed by atoms with E-state index in [-0.39, 0.29) is 0 Å². The van der Waals surface area contributed by atoms with Gasteiger partial charge in [-0.25, -0.2) is 0 Å². The number of anilines is 3. The summed E-state index contributed by atoms with van der Waals surface area (Å²) in [4.78, 5) is 0. The highest BCUT2D eigenvalue weighted by Crippen LogP contribution is 2.25. The number of nitrogens with one attached hydrogen (secondary N) is 1. The van der Waals surface area contributed by atoms with E-state index in [0.29, 0.717) is 6.61 Å². The summed E-state index contributed by atoms with van der Waals surface area (Å²) in [5, 5.41) is 3.29. The molecule has 0 heterocycles. The molecule has 3 nitrogen and oxygen atoms in total. The fourth-order valence-corrected chi connectivity index (χ4v) is 1.75. The fraction of sp³-hybridized carbons (Fsp3) is 0.200. The smallest absolute Gasteiger partial charge is 0.119 e. The molecule has 0 fully saturated rings. The van der Waals surface area contributed by atoms with E-state index in [1.807, 2.05) is 56.3 Å². The lowest BCUT2D eigenvalue weighted by Crippen LogP contribution is -1.97. The third-order valence-corrected chi connectivity index (χ3v) is 2.65. The van der Waals surface area contributed by atoms with Crippen molar-refractivity contribution in [3.63, 3.8) is 0 Å². The van der Waals surface area contributed by atoms with Crippen molar-refractivity contribution in [3.8, 4) is 5.75 Å². The van der Waals surface area contributed by atoms with E-state index in [9.17, 15) is 0 Å². The summed E-state index contributed by atoms with van der Waals surface area (Å²) in [6, 6.07) is 13.8. The van der Waals surface area contributed by atoms with Gasteiger partial charge >= 0.3 is 0 Å². The summed E-state index contributed by atoms with van der Waals surface area (Å²) in [5.41, 5.74) is 9.79. The molecule has 0 amide bonds. The topological polar surface area (TPSA) is 47.3 Å². The molecular formula is C15H18N2O.